The summed E-state index contributed by atoms with van der Waals surface area (Å²) in [6.45, 7) is 6.24. The molecule has 0 saturated heterocycles. The predicted octanol–water partition coefficient (Wildman–Crippen LogP) is 3.30. The number of fused-ring (bicyclic) bond motifs is 1. The highest BCUT2D eigenvalue weighted by Gasteiger charge is 2.33. The van der Waals surface area contributed by atoms with E-state index in [0.29, 0.717) is 0 Å². The second-order valence-corrected chi connectivity index (χ2v) is 5.54. The van der Waals surface area contributed by atoms with Crippen LogP contribution in [0.25, 0.3) is 0 Å². The third-order valence-electron chi connectivity index (χ3n) is 2.78. The van der Waals surface area contributed by atoms with E-state index in [0.717, 1.165) is 17.7 Å². The third kappa shape index (κ3) is 2.08. The Labute approximate surface area is 94.9 Å². The normalized spacial score (nSPS) is 19.5. The molecule has 0 aromatic heterocycles. The zero-order chi connectivity index (χ0) is 11.9. The molecule has 1 N–H and O–H groups in total. The topological polar surface area (TPSA) is 29.1 Å². The van der Waals surface area contributed by atoms with E-state index in [1.54, 1.807) is 6.07 Å². The van der Waals surface area contributed by atoms with Gasteiger partial charge in [-0.3, -0.25) is 4.79 Å². The van der Waals surface area contributed by atoms with E-state index in [1.807, 2.05) is 0 Å². The number of amides is 1. The number of carbonyl (C=O) groups excluding carboxylic acids is 1. The third-order valence-corrected chi connectivity index (χ3v) is 2.78. The Bertz CT molecular complexity index is 434. The zero-order valence-electron chi connectivity index (χ0n) is 9.80. The van der Waals surface area contributed by atoms with E-state index in [2.05, 4.69) is 26.1 Å². The van der Waals surface area contributed by atoms with Gasteiger partial charge in [0.25, 0.3) is 0 Å². The van der Waals surface area contributed by atoms with Gasteiger partial charge in [-0.15, -0.1) is 0 Å². The molecule has 0 fully saturated rings. The average molecular weight is 221 g/mol. The summed E-state index contributed by atoms with van der Waals surface area (Å²) >= 11 is 0. The standard InChI is InChI=1S/C13H16FNO/c1-13(2,3)7-10-9-6-8(14)4-5-11(9)15-12(10)16/h4-6,10H,7H2,1-3H3,(H,15,16). The van der Waals surface area contributed by atoms with Gasteiger partial charge < -0.3 is 5.32 Å². The van der Waals surface area contributed by atoms with Gasteiger partial charge in [-0.1, -0.05) is 20.8 Å². The molecule has 1 heterocycles. The van der Waals surface area contributed by atoms with E-state index >= 15 is 0 Å². The van der Waals surface area contributed by atoms with E-state index < -0.39 is 0 Å². The van der Waals surface area contributed by atoms with Crippen LogP contribution in [0.3, 0.4) is 0 Å². The van der Waals surface area contributed by atoms with Gasteiger partial charge in [0.1, 0.15) is 5.82 Å². The number of nitrogens with one attached hydrogen (secondary N) is 1. The largest absolute Gasteiger partial charge is 0.325 e. The lowest BCUT2D eigenvalue weighted by atomic mass is 9.82. The molecule has 1 unspecified atom stereocenters. The number of carbonyl (C=O) groups is 1. The molecule has 2 rings (SSSR count). The minimum absolute atomic E-state index is 0.0180. The molecule has 1 aromatic carbocycles. The maximum absolute atomic E-state index is 13.2. The average Bonchev–Trinajstić information content (AvgIpc) is 2.42. The Morgan fingerprint density at radius 1 is 1.38 bits per heavy atom. The predicted molar refractivity (Wildman–Crippen MR) is 61.8 cm³/mol. The van der Waals surface area contributed by atoms with Crippen LogP contribution in [0.2, 0.25) is 0 Å². The Balaban J connectivity index is 2.35. The van der Waals surface area contributed by atoms with Crippen LogP contribution in [0.1, 0.15) is 38.7 Å². The van der Waals surface area contributed by atoms with Crippen molar-refractivity contribution in [1.29, 1.82) is 0 Å². The van der Waals surface area contributed by atoms with Crippen molar-refractivity contribution in [3.8, 4) is 0 Å². The molecular weight excluding hydrogens is 205 g/mol. The first kappa shape index (κ1) is 11.1. The van der Waals surface area contributed by atoms with Crippen LogP contribution in [-0.4, -0.2) is 5.91 Å². The number of benzene rings is 1. The maximum atomic E-state index is 13.2. The van der Waals surface area contributed by atoms with Crippen LogP contribution < -0.4 is 5.32 Å². The molecule has 2 nitrogen and oxygen atoms in total. The molecule has 1 aromatic rings. The lowest BCUT2D eigenvalue weighted by Gasteiger charge is -2.21. The van der Waals surface area contributed by atoms with E-state index in [1.165, 1.54) is 12.1 Å². The van der Waals surface area contributed by atoms with E-state index in [4.69, 9.17) is 0 Å². The molecule has 0 aliphatic carbocycles. The summed E-state index contributed by atoms with van der Waals surface area (Å²) in [4.78, 5) is 11.8. The molecule has 1 atom stereocenters. The van der Waals surface area contributed by atoms with Gasteiger partial charge in [-0.2, -0.15) is 0 Å². The SMILES string of the molecule is CC(C)(C)CC1C(=O)Nc2ccc(F)cc21. The molecular formula is C13H16FNO. The van der Waals surface area contributed by atoms with Gasteiger partial charge in [0.05, 0.1) is 5.92 Å². The molecule has 1 amide bonds. The molecule has 0 saturated carbocycles. The van der Waals surface area contributed by atoms with Crippen molar-refractivity contribution in [2.24, 2.45) is 5.41 Å². The summed E-state index contributed by atoms with van der Waals surface area (Å²) in [6, 6.07) is 4.47. The summed E-state index contributed by atoms with van der Waals surface area (Å²) in [6.07, 6.45) is 0.731. The van der Waals surface area contributed by atoms with Crippen molar-refractivity contribution in [2.45, 2.75) is 33.1 Å². The number of hydrogen-bond acceptors (Lipinski definition) is 1. The van der Waals surface area contributed by atoms with Crippen molar-refractivity contribution in [3.63, 3.8) is 0 Å². The molecule has 0 spiro atoms. The first-order valence-corrected chi connectivity index (χ1v) is 5.47. The molecule has 1 aliphatic rings. The summed E-state index contributed by atoms with van der Waals surface area (Å²) in [5.41, 5.74) is 1.59. The van der Waals surface area contributed by atoms with Crippen molar-refractivity contribution in [2.75, 3.05) is 5.32 Å². The fraction of sp³-hybridized carbons (Fsp3) is 0.462. The second-order valence-electron chi connectivity index (χ2n) is 5.54. The molecule has 0 bridgehead atoms. The Kier molecular flexibility index (Phi) is 2.49. The van der Waals surface area contributed by atoms with Gasteiger partial charge in [-0.25, -0.2) is 4.39 Å². The number of hydrogen-bond donors (Lipinski definition) is 1. The second kappa shape index (κ2) is 3.58. The fourth-order valence-electron chi connectivity index (χ4n) is 2.11. The molecule has 1 aliphatic heterocycles. The van der Waals surface area contributed by atoms with Crippen LogP contribution in [0.15, 0.2) is 18.2 Å². The van der Waals surface area contributed by atoms with Crippen LogP contribution in [-0.2, 0) is 4.79 Å². The lowest BCUT2D eigenvalue weighted by Crippen LogP contribution is -2.18. The Morgan fingerprint density at radius 3 is 2.69 bits per heavy atom. The van der Waals surface area contributed by atoms with E-state index in [-0.39, 0.29) is 23.1 Å². The van der Waals surface area contributed by atoms with Crippen molar-refractivity contribution in [1.82, 2.24) is 0 Å². The fourth-order valence-corrected chi connectivity index (χ4v) is 2.11. The van der Waals surface area contributed by atoms with Gasteiger partial charge >= 0.3 is 0 Å². The van der Waals surface area contributed by atoms with Gasteiger partial charge in [-0.05, 0) is 35.6 Å². The minimum Gasteiger partial charge on any atom is -0.325 e. The number of anilines is 1. The van der Waals surface area contributed by atoms with Crippen LogP contribution in [0, 0.1) is 11.2 Å². The van der Waals surface area contributed by atoms with Gasteiger partial charge in [0.15, 0.2) is 0 Å². The highest BCUT2D eigenvalue weighted by molar-refractivity contribution is 6.02. The van der Waals surface area contributed by atoms with E-state index in [9.17, 15) is 9.18 Å². The summed E-state index contributed by atoms with van der Waals surface area (Å²) in [5.74, 6) is -0.518. The molecule has 86 valence electrons. The van der Waals surface area contributed by atoms with Gasteiger partial charge in [0.2, 0.25) is 5.91 Å². The first-order chi connectivity index (χ1) is 7.37. The zero-order valence-corrected chi connectivity index (χ0v) is 9.80. The minimum atomic E-state index is -0.283. The Morgan fingerprint density at radius 2 is 2.06 bits per heavy atom. The Hall–Kier alpha value is -1.38. The quantitative estimate of drug-likeness (QED) is 0.774. The van der Waals surface area contributed by atoms with Crippen LogP contribution in [0.5, 0.6) is 0 Å². The van der Waals surface area contributed by atoms with Crippen molar-refractivity contribution >= 4 is 11.6 Å². The van der Waals surface area contributed by atoms with Crippen LogP contribution in [0.4, 0.5) is 10.1 Å². The number of rotatable bonds is 1. The maximum Gasteiger partial charge on any atom is 0.232 e. The van der Waals surface area contributed by atoms with Crippen molar-refractivity contribution < 1.29 is 9.18 Å². The monoisotopic (exact) mass is 221 g/mol. The summed E-state index contributed by atoms with van der Waals surface area (Å²) < 4.78 is 13.2. The summed E-state index contributed by atoms with van der Waals surface area (Å²) in [5, 5.41) is 2.79. The lowest BCUT2D eigenvalue weighted by molar-refractivity contribution is -0.117. The van der Waals surface area contributed by atoms with Crippen molar-refractivity contribution in [3.05, 3.63) is 29.6 Å². The molecule has 0 radical (unpaired) electrons. The highest BCUT2D eigenvalue weighted by Crippen LogP contribution is 2.39. The smallest absolute Gasteiger partial charge is 0.232 e. The van der Waals surface area contributed by atoms with Crippen LogP contribution >= 0.6 is 0 Å². The first-order valence-electron chi connectivity index (χ1n) is 5.47. The highest BCUT2D eigenvalue weighted by atomic mass is 19.1. The van der Waals surface area contributed by atoms with Gasteiger partial charge in [0, 0.05) is 5.69 Å². The molecule has 3 heteroatoms. The summed E-state index contributed by atoms with van der Waals surface area (Å²) in [7, 11) is 0. The number of halogens is 1. The molecule has 16 heavy (non-hydrogen) atoms.